The Morgan fingerprint density at radius 3 is 2.92 bits per heavy atom. The average molecular weight is 199 g/mol. The van der Waals surface area contributed by atoms with E-state index in [2.05, 4.69) is 0 Å². The second-order valence-corrected chi connectivity index (χ2v) is 5.79. The van der Waals surface area contributed by atoms with Crippen LogP contribution in [0.5, 0.6) is 0 Å². The standard InChI is InChI=1S/C8H9NO3S/c1-7-3-8(7,6(11)12)9-4(10)2-5(9)13-7/h5H,2-3H2,1H3,(H,11,12). The minimum atomic E-state index is -0.850. The second-order valence-electron chi connectivity index (χ2n) is 4.11. The van der Waals surface area contributed by atoms with Gasteiger partial charge in [-0.25, -0.2) is 4.79 Å². The first-order valence-electron chi connectivity index (χ1n) is 4.25. The molecule has 2 heterocycles. The van der Waals surface area contributed by atoms with Crippen molar-refractivity contribution in [1.82, 2.24) is 4.90 Å². The van der Waals surface area contributed by atoms with Gasteiger partial charge in [0.15, 0.2) is 5.54 Å². The highest BCUT2D eigenvalue weighted by molar-refractivity contribution is 8.02. The van der Waals surface area contributed by atoms with Crippen LogP contribution in [0.2, 0.25) is 0 Å². The summed E-state index contributed by atoms with van der Waals surface area (Å²) in [6, 6.07) is 0. The molecule has 70 valence electrons. The molecule has 0 spiro atoms. The molecule has 3 atom stereocenters. The molecule has 1 aliphatic carbocycles. The van der Waals surface area contributed by atoms with Crippen LogP contribution in [0.25, 0.3) is 0 Å². The Morgan fingerprint density at radius 1 is 1.77 bits per heavy atom. The zero-order valence-electron chi connectivity index (χ0n) is 7.11. The SMILES string of the molecule is CC12CC1(C(=O)O)N1C(=O)CC1S2. The van der Waals surface area contributed by atoms with E-state index in [1.165, 1.54) is 0 Å². The maximum Gasteiger partial charge on any atom is 0.331 e. The first kappa shape index (κ1) is 7.67. The van der Waals surface area contributed by atoms with Crippen LogP contribution < -0.4 is 0 Å². The molecule has 0 aromatic heterocycles. The van der Waals surface area contributed by atoms with E-state index in [4.69, 9.17) is 5.11 Å². The minimum Gasteiger partial charge on any atom is -0.479 e. The second kappa shape index (κ2) is 1.73. The molecule has 1 saturated carbocycles. The number of amides is 1. The molecule has 0 bridgehead atoms. The number of rotatable bonds is 1. The van der Waals surface area contributed by atoms with Crippen molar-refractivity contribution in [3.63, 3.8) is 0 Å². The number of carbonyl (C=O) groups excluding carboxylic acids is 1. The molecule has 0 radical (unpaired) electrons. The zero-order chi connectivity index (χ0) is 9.43. The highest BCUT2D eigenvalue weighted by Crippen LogP contribution is 2.71. The van der Waals surface area contributed by atoms with Gasteiger partial charge in [-0.15, -0.1) is 11.8 Å². The molecule has 3 unspecified atom stereocenters. The van der Waals surface area contributed by atoms with Crippen LogP contribution in [0.1, 0.15) is 19.8 Å². The summed E-state index contributed by atoms with van der Waals surface area (Å²) >= 11 is 1.65. The number of nitrogens with zero attached hydrogens (tertiary/aromatic N) is 1. The molecule has 3 fully saturated rings. The van der Waals surface area contributed by atoms with E-state index in [9.17, 15) is 9.59 Å². The smallest absolute Gasteiger partial charge is 0.331 e. The number of fused-ring (bicyclic) bond motifs is 3. The lowest BCUT2D eigenvalue weighted by Gasteiger charge is -2.39. The molecule has 1 amide bonds. The van der Waals surface area contributed by atoms with Gasteiger partial charge in [0.05, 0.1) is 16.5 Å². The lowest BCUT2D eigenvalue weighted by Crippen LogP contribution is -2.57. The van der Waals surface area contributed by atoms with Crippen molar-refractivity contribution < 1.29 is 14.7 Å². The Hall–Kier alpha value is -0.710. The van der Waals surface area contributed by atoms with Gasteiger partial charge in [-0.1, -0.05) is 0 Å². The zero-order valence-corrected chi connectivity index (χ0v) is 7.93. The molecule has 2 saturated heterocycles. The van der Waals surface area contributed by atoms with Crippen LogP contribution in [0.4, 0.5) is 0 Å². The Morgan fingerprint density at radius 2 is 2.46 bits per heavy atom. The van der Waals surface area contributed by atoms with E-state index >= 15 is 0 Å². The van der Waals surface area contributed by atoms with Gasteiger partial charge in [-0.3, -0.25) is 4.79 Å². The van der Waals surface area contributed by atoms with Crippen molar-refractivity contribution in [1.29, 1.82) is 0 Å². The Bertz CT molecular complexity index is 344. The summed E-state index contributed by atoms with van der Waals surface area (Å²) in [4.78, 5) is 23.9. The fourth-order valence-electron chi connectivity index (χ4n) is 2.57. The minimum absolute atomic E-state index is 0.00104. The van der Waals surface area contributed by atoms with Gasteiger partial charge in [0.25, 0.3) is 0 Å². The predicted molar refractivity (Wildman–Crippen MR) is 46.2 cm³/mol. The molecule has 0 aromatic carbocycles. The van der Waals surface area contributed by atoms with Crippen molar-refractivity contribution in [2.45, 2.75) is 35.4 Å². The number of aliphatic carboxylic acids is 1. The highest BCUT2D eigenvalue weighted by Gasteiger charge is 2.82. The number of thioether (sulfide) groups is 1. The maximum absolute atomic E-state index is 11.3. The molecule has 3 rings (SSSR count). The molecular formula is C8H9NO3S. The average Bonchev–Trinajstić information content (AvgIpc) is 2.50. The Labute approximate surface area is 79.3 Å². The van der Waals surface area contributed by atoms with Crippen molar-refractivity contribution in [3.05, 3.63) is 0 Å². The van der Waals surface area contributed by atoms with Crippen LogP contribution in [-0.4, -0.2) is 37.5 Å². The Balaban J connectivity index is 2.05. The van der Waals surface area contributed by atoms with Crippen LogP contribution >= 0.6 is 11.8 Å². The Kier molecular flexibility index (Phi) is 1.02. The lowest BCUT2D eigenvalue weighted by molar-refractivity contribution is -0.159. The summed E-state index contributed by atoms with van der Waals surface area (Å²) in [6.45, 7) is 1.94. The van der Waals surface area contributed by atoms with E-state index < -0.39 is 11.5 Å². The van der Waals surface area contributed by atoms with Gasteiger partial charge >= 0.3 is 5.97 Å². The molecule has 2 aliphatic heterocycles. The molecule has 3 aliphatic rings. The van der Waals surface area contributed by atoms with Gasteiger partial charge in [0.2, 0.25) is 5.91 Å². The number of hydrogen-bond donors (Lipinski definition) is 1. The largest absolute Gasteiger partial charge is 0.479 e. The predicted octanol–water partition coefficient (Wildman–Crippen LogP) is 0.277. The summed E-state index contributed by atoms with van der Waals surface area (Å²) < 4.78 is -0.213. The third kappa shape index (κ3) is 0.572. The number of carbonyl (C=O) groups is 2. The normalized spacial score (nSPS) is 51.0. The topological polar surface area (TPSA) is 57.6 Å². The molecular weight excluding hydrogens is 190 g/mol. The van der Waals surface area contributed by atoms with Crippen LogP contribution in [0.15, 0.2) is 0 Å². The quantitative estimate of drug-likeness (QED) is 0.616. The van der Waals surface area contributed by atoms with E-state index in [0.717, 1.165) is 0 Å². The van der Waals surface area contributed by atoms with E-state index in [1.54, 1.807) is 16.7 Å². The molecule has 0 aromatic rings. The fraction of sp³-hybridized carbons (Fsp3) is 0.750. The monoisotopic (exact) mass is 199 g/mol. The first-order chi connectivity index (χ1) is 6.01. The van der Waals surface area contributed by atoms with Crippen molar-refractivity contribution >= 4 is 23.6 Å². The van der Waals surface area contributed by atoms with E-state index in [0.29, 0.717) is 12.8 Å². The highest BCUT2D eigenvalue weighted by atomic mass is 32.2. The number of carboxylic acids is 1. The summed E-state index contributed by atoms with van der Waals surface area (Å²) in [5.74, 6) is -0.834. The number of carboxylic acid groups (broad SMARTS) is 1. The van der Waals surface area contributed by atoms with E-state index in [-0.39, 0.29) is 16.0 Å². The summed E-state index contributed by atoms with van der Waals surface area (Å²) in [6.07, 6.45) is 1.14. The molecule has 13 heavy (non-hydrogen) atoms. The molecule has 1 N–H and O–H groups in total. The first-order valence-corrected chi connectivity index (χ1v) is 5.13. The summed E-state index contributed by atoms with van der Waals surface area (Å²) in [5, 5.41) is 9.25. The molecule has 4 nitrogen and oxygen atoms in total. The third-order valence-corrected chi connectivity index (χ3v) is 5.06. The number of hydrogen-bond acceptors (Lipinski definition) is 3. The van der Waals surface area contributed by atoms with Crippen LogP contribution in [0.3, 0.4) is 0 Å². The van der Waals surface area contributed by atoms with Gasteiger partial charge < -0.3 is 10.0 Å². The maximum atomic E-state index is 11.3. The van der Waals surface area contributed by atoms with Gasteiger partial charge in [-0.2, -0.15) is 0 Å². The van der Waals surface area contributed by atoms with Gasteiger partial charge in [0.1, 0.15) is 0 Å². The van der Waals surface area contributed by atoms with Gasteiger partial charge in [0, 0.05) is 6.42 Å². The van der Waals surface area contributed by atoms with Crippen molar-refractivity contribution in [2.75, 3.05) is 0 Å². The third-order valence-electron chi connectivity index (χ3n) is 3.41. The summed E-state index contributed by atoms with van der Waals surface area (Å²) in [5.41, 5.74) is -0.850. The fourth-order valence-corrected chi connectivity index (χ4v) is 4.47. The van der Waals surface area contributed by atoms with Gasteiger partial charge in [-0.05, 0) is 6.92 Å². The van der Waals surface area contributed by atoms with E-state index in [1.807, 2.05) is 6.92 Å². The number of β-lactam (4-membered cyclic amide) rings is 1. The molecule has 5 heteroatoms. The van der Waals surface area contributed by atoms with Crippen molar-refractivity contribution in [2.24, 2.45) is 0 Å². The van der Waals surface area contributed by atoms with Crippen LogP contribution in [-0.2, 0) is 9.59 Å². The lowest BCUT2D eigenvalue weighted by atomic mass is 10.1. The van der Waals surface area contributed by atoms with Crippen LogP contribution in [0, 0.1) is 0 Å². The van der Waals surface area contributed by atoms with Crippen molar-refractivity contribution in [3.8, 4) is 0 Å². The summed E-state index contributed by atoms with van der Waals surface area (Å²) in [7, 11) is 0.